The molecule has 0 fully saturated rings. The largest absolute Gasteiger partial charge is 0.349 e. The van der Waals surface area contributed by atoms with Crippen LogP contribution < -0.4 is 0 Å². The summed E-state index contributed by atoms with van der Waals surface area (Å²) in [6.45, 7) is 0. The van der Waals surface area contributed by atoms with Gasteiger partial charge in [0.25, 0.3) is 0 Å². The number of fused-ring (bicyclic) bond motifs is 1. The van der Waals surface area contributed by atoms with E-state index >= 15 is 0 Å². The number of hydrogen-bond donors (Lipinski definition) is 0. The fourth-order valence-corrected chi connectivity index (χ4v) is 3.25. The van der Waals surface area contributed by atoms with Crippen molar-refractivity contribution >= 4 is 20.7 Å². The third kappa shape index (κ3) is 2.04. The molecule has 0 atom stereocenters. The predicted molar refractivity (Wildman–Crippen MR) is 65.2 cm³/mol. The summed E-state index contributed by atoms with van der Waals surface area (Å²) >= 11 is 0. The number of para-hydroxylation sites is 1. The van der Waals surface area contributed by atoms with Gasteiger partial charge in [0.05, 0.1) is 16.7 Å². The molecule has 5 heteroatoms. The van der Waals surface area contributed by atoms with Crippen molar-refractivity contribution in [3.63, 3.8) is 0 Å². The van der Waals surface area contributed by atoms with Crippen LogP contribution >= 0.6 is 0 Å². The van der Waals surface area contributed by atoms with Crippen molar-refractivity contribution in [2.75, 3.05) is 5.75 Å². The molecule has 0 spiro atoms. The van der Waals surface area contributed by atoms with E-state index in [0.29, 0.717) is 10.3 Å². The Morgan fingerprint density at radius 3 is 2.76 bits per heavy atom. The van der Waals surface area contributed by atoms with Crippen LogP contribution in [-0.2, 0) is 16.9 Å². The van der Waals surface area contributed by atoms with Crippen LogP contribution in [0.25, 0.3) is 10.9 Å². The second kappa shape index (κ2) is 4.22. The zero-order valence-electron chi connectivity index (χ0n) is 9.42. The van der Waals surface area contributed by atoms with E-state index in [1.54, 1.807) is 16.8 Å². The van der Waals surface area contributed by atoms with E-state index in [1.165, 1.54) is 0 Å². The van der Waals surface area contributed by atoms with E-state index < -0.39 is 9.84 Å². The fourth-order valence-electron chi connectivity index (χ4n) is 1.84. The summed E-state index contributed by atoms with van der Waals surface area (Å²) in [6, 6.07) is 9.20. The molecule has 1 heterocycles. The van der Waals surface area contributed by atoms with Gasteiger partial charge in [-0.15, -0.1) is 0 Å². The van der Waals surface area contributed by atoms with Crippen molar-refractivity contribution in [2.24, 2.45) is 7.05 Å². The van der Waals surface area contributed by atoms with Crippen LogP contribution in [-0.4, -0.2) is 18.7 Å². The molecule has 0 amide bonds. The predicted octanol–water partition coefficient (Wildman–Crippen LogP) is 1.87. The van der Waals surface area contributed by atoms with E-state index in [2.05, 4.69) is 0 Å². The Bertz CT molecular complexity index is 693. The first-order chi connectivity index (χ1) is 8.06. The topological polar surface area (TPSA) is 62.9 Å². The van der Waals surface area contributed by atoms with Gasteiger partial charge < -0.3 is 4.57 Å². The lowest BCUT2D eigenvalue weighted by molar-refractivity contribution is 0.596. The van der Waals surface area contributed by atoms with Crippen molar-refractivity contribution in [3.05, 3.63) is 30.5 Å². The lowest BCUT2D eigenvalue weighted by atomic mass is 10.2. The third-order valence-corrected chi connectivity index (χ3v) is 4.42. The highest BCUT2D eigenvalue weighted by Crippen LogP contribution is 2.25. The summed E-state index contributed by atoms with van der Waals surface area (Å²) < 4.78 is 25.9. The van der Waals surface area contributed by atoms with Crippen LogP contribution in [0.4, 0.5) is 0 Å². The van der Waals surface area contributed by atoms with Crippen molar-refractivity contribution in [3.8, 4) is 6.07 Å². The number of hydrogen-bond acceptors (Lipinski definition) is 3. The molecule has 0 unspecified atom stereocenters. The maximum absolute atomic E-state index is 12.1. The highest BCUT2D eigenvalue weighted by Gasteiger charge is 2.19. The minimum atomic E-state index is -3.37. The van der Waals surface area contributed by atoms with Gasteiger partial charge in [-0.3, -0.25) is 0 Å². The van der Waals surface area contributed by atoms with Gasteiger partial charge in [0.15, 0.2) is 9.84 Å². The Balaban J connectivity index is 2.61. The Morgan fingerprint density at radius 2 is 2.06 bits per heavy atom. The maximum Gasteiger partial charge on any atom is 0.181 e. The second-order valence-electron chi connectivity index (χ2n) is 3.85. The highest BCUT2D eigenvalue weighted by molar-refractivity contribution is 7.91. The van der Waals surface area contributed by atoms with Crippen LogP contribution in [0.3, 0.4) is 0 Å². The summed E-state index contributed by atoms with van der Waals surface area (Å²) in [5.41, 5.74) is 0.878. The summed E-state index contributed by atoms with van der Waals surface area (Å²) in [7, 11) is -1.56. The lowest BCUT2D eigenvalue weighted by Crippen LogP contribution is -2.05. The average molecular weight is 248 g/mol. The Kier molecular flexibility index (Phi) is 2.90. The van der Waals surface area contributed by atoms with Crippen LogP contribution in [0.5, 0.6) is 0 Å². The number of aromatic nitrogens is 1. The van der Waals surface area contributed by atoms with E-state index in [1.807, 2.05) is 31.3 Å². The molecular formula is C12H12N2O2S. The fraction of sp³-hybridized carbons (Fsp3) is 0.250. The minimum Gasteiger partial charge on any atom is -0.349 e. The normalized spacial score (nSPS) is 11.5. The molecule has 0 radical (unpaired) electrons. The molecule has 1 aromatic heterocycles. The molecular weight excluding hydrogens is 236 g/mol. The number of sulfone groups is 1. The maximum atomic E-state index is 12.1. The smallest absolute Gasteiger partial charge is 0.181 e. The van der Waals surface area contributed by atoms with Gasteiger partial charge in [-0.05, 0) is 6.07 Å². The minimum absolute atomic E-state index is 0.0194. The van der Waals surface area contributed by atoms with Crippen LogP contribution in [0.1, 0.15) is 6.42 Å². The molecule has 88 valence electrons. The summed E-state index contributed by atoms with van der Waals surface area (Å²) in [5.74, 6) is -0.127. The van der Waals surface area contributed by atoms with Crippen molar-refractivity contribution in [1.29, 1.82) is 5.26 Å². The van der Waals surface area contributed by atoms with Gasteiger partial charge in [-0.2, -0.15) is 5.26 Å². The Morgan fingerprint density at radius 1 is 1.35 bits per heavy atom. The molecule has 0 saturated carbocycles. The monoisotopic (exact) mass is 248 g/mol. The molecule has 0 N–H and O–H groups in total. The summed E-state index contributed by atoms with van der Waals surface area (Å²) in [5, 5.41) is 9.19. The van der Waals surface area contributed by atoms with Gasteiger partial charge in [0.2, 0.25) is 0 Å². The number of benzene rings is 1. The number of nitrogens with zero attached hydrogens (tertiary/aromatic N) is 2. The molecule has 0 aliphatic rings. The molecule has 0 aliphatic heterocycles. The molecule has 17 heavy (non-hydrogen) atoms. The molecule has 4 nitrogen and oxygen atoms in total. The SMILES string of the molecule is Cn1cc(S(=O)(=O)CCC#N)c2ccccc21. The molecule has 0 saturated heterocycles. The van der Waals surface area contributed by atoms with Crippen molar-refractivity contribution in [1.82, 2.24) is 4.57 Å². The average Bonchev–Trinajstić information content (AvgIpc) is 2.66. The van der Waals surface area contributed by atoms with Gasteiger partial charge in [0.1, 0.15) is 0 Å². The zero-order chi connectivity index (χ0) is 12.5. The molecule has 1 aromatic carbocycles. The number of nitriles is 1. The van der Waals surface area contributed by atoms with Crippen LogP contribution in [0.2, 0.25) is 0 Å². The first kappa shape index (κ1) is 11.7. The first-order valence-corrected chi connectivity index (χ1v) is 6.85. The van der Waals surface area contributed by atoms with E-state index in [0.717, 1.165) is 5.52 Å². The number of rotatable bonds is 3. The third-order valence-electron chi connectivity index (χ3n) is 2.68. The zero-order valence-corrected chi connectivity index (χ0v) is 10.2. The van der Waals surface area contributed by atoms with Gasteiger partial charge >= 0.3 is 0 Å². The first-order valence-electron chi connectivity index (χ1n) is 5.20. The molecule has 0 bridgehead atoms. The van der Waals surface area contributed by atoms with Gasteiger partial charge in [-0.1, -0.05) is 18.2 Å². The molecule has 2 aromatic rings. The second-order valence-corrected chi connectivity index (χ2v) is 5.93. The molecule has 0 aliphatic carbocycles. The van der Waals surface area contributed by atoms with Crippen LogP contribution in [0, 0.1) is 11.3 Å². The Hall–Kier alpha value is -1.80. The summed E-state index contributed by atoms with van der Waals surface area (Å²) in [6.07, 6.45) is 1.63. The van der Waals surface area contributed by atoms with E-state index in [4.69, 9.17) is 5.26 Å². The van der Waals surface area contributed by atoms with Gasteiger partial charge in [-0.25, -0.2) is 8.42 Å². The number of aryl methyl sites for hydroxylation is 1. The van der Waals surface area contributed by atoms with E-state index in [9.17, 15) is 8.42 Å². The lowest BCUT2D eigenvalue weighted by Gasteiger charge is -1.99. The standard InChI is InChI=1S/C12H12N2O2S/c1-14-9-12(17(15,16)8-4-7-13)10-5-2-3-6-11(10)14/h2-3,5-6,9H,4,8H2,1H3. The summed E-state index contributed by atoms with van der Waals surface area (Å²) in [4.78, 5) is 0.311. The van der Waals surface area contributed by atoms with Crippen LogP contribution in [0.15, 0.2) is 35.4 Å². The molecule has 2 rings (SSSR count). The van der Waals surface area contributed by atoms with Crippen molar-refractivity contribution in [2.45, 2.75) is 11.3 Å². The van der Waals surface area contributed by atoms with Crippen molar-refractivity contribution < 1.29 is 8.42 Å². The highest BCUT2D eigenvalue weighted by atomic mass is 32.2. The van der Waals surface area contributed by atoms with Gasteiger partial charge in [0, 0.05) is 30.6 Å². The van der Waals surface area contributed by atoms with E-state index in [-0.39, 0.29) is 12.2 Å². The Labute approximate surface area is 100 Å². The quantitative estimate of drug-likeness (QED) is 0.833.